The fourth-order valence-electron chi connectivity index (χ4n) is 2.27. The van der Waals surface area contributed by atoms with E-state index in [-0.39, 0.29) is 11.3 Å². The summed E-state index contributed by atoms with van der Waals surface area (Å²) in [5.41, 5.74) is 1.70. The Morgan fingerprint density at radius 1 is 1.14 bits per heavy atom. The molecule has 2 N–H and O–H groups in total. The summed E-state index contributed by atoms with van der Waals surface area (Å²) in [5, 5.41) is 10.5. The van der Waals surface area contributed by atoms with Gasteiger partial charge in [0.15, 0.2) is 0 Å². The van der Waals surface area contributed by atoms with Gasteiger partial charge in [-0.25, -0.2) is 4.98 Å². The van der Waals surface area contributed by atoms with Crippen molar-refractivity contribution in [3.05, 3.63) is 44.1 Å². The van der Waals surface area contributed by atoms with Crippen molar-refractivity contribution in [2.75, 3.05) is 11.5 Å². The third-order valence-electron chi connectivity index (χ3n) is 3.20. The van der Waals surface area contributed by atoms with Crippen LogP contribution in [0, 0.1) is 0 Å². The third kappa shape index (κ3) is 3.40. The van der Waals surface area contributed by atoms with E-state index in [0.29, 0.717) is 5.15 Å². The van der Waals surface area contributed by atoms with Gasteiger partial charge in [-0.05, 0) is 12.5 Å². The minimum atomic E-state index is -0.219. The molecule has 0 saturated heterocycles. The minimum Gasteiger partial charge on any atom is -0.507 e. The fourth-order valence-corrected chi connectivity index (χ4v) is 4.97. The Morgan fingerprint density at radius 3 is 2.68 bits per heavy atom. The molecule has 0 aromatic carbocycles. The van der Waals surface area contributed by atoms with Crippen LogP contribution in [0.3, 0.4) is 0 Å². The molecule has 0 radical (unpaired) electrons. The predicted molar refractivity (Wildman–Crippen MR) is 91.8 cm³/mol. The molecule has 2 aliphatic rings. The number of nitrogens with one attached hydrogen (secondary N) is 1. The van der Waals surface area contributed by atoms with Crippen LogP contribution in [0.15, 0.2) is 26.7 Å². The Morgan fingerprint density at radius 2 is 1.86 bits per heavy atom. The monoisotopic (exact) mass is 374 g/mol. The van der Waals surface area contributed by atoms with Crippen LogP contribution in [-0.4, -0.2) is 26.6 Å². The van der Waals surface area contributed by atoms with E-state index in [1.54, 1.807) is 29.6 Å². The summed E-state index contributed by atoms with van der Waals surface area (Å²) in [6.07, 6.45) is 1.84. The maximum atomic E-state index is 10.8. The number of thioether (sulfide) groups is 2. The van der Waals surface area contributed by atoms with Crippen molar-refractivity contribution in [2.24, 2.45) is 0 Å². The standard InChI is InChI=1S/C7H5Cl2NS.C7H7NO2S/c8-4-3-6(9)10-5-1-2-11-7(4)5;9-5-3-6(10)8-4-1-2-11-7(4)5/h3H,1-2H2;3H,1-2H2,(H2,8,9,10). The van der Waals surface area contributed by atoms with Gasteiger partial charge in [-0.3, -0.25) is 4.79 Å². The number of halogens is 2. The summed E-state index contributed by atoms with van der Waals surface area (Å²) in [7, 11) is 0. The fraction of sp³-hybridized carbons (Fsp3) is 0.286. The van der Waals surface area contributed by atoms with Gasteiger partial charge in [0.25, 0.3) is 5.56 Å². The smallest absolute Gasteiger partial charge is 0.251 e. The molecule has 2 aromatic heterocycles. The maximum absolute atomic E-state index is 10.8. The molecule has 0 aliphatic carbocycles. The molecule has 22 heavy (non-hydrogen) atoms. The van der Waals surface area contributed by atoms with Gasteiger partial charge < -0.3 is 10.1 Å². The number of hydrogen-bond acceptors (Lipinski definition) is 5. The number of nitrogens with zero attached hydrogens (tertiary/aromatic N) is 1. The first-order valence-electron chi connectivity index (χ1n) is 6.60. The highest BCUT2D eigenvalue weighted by molar-refractivity contribution is 8.00. The molecule has 116 valence electrons. The highest BCUT2D eigenvalue weighted by Crippen LogP contribution is 2.37. The number of hydrogen-bond donors (Lipinski definition) is 2. The van der Waals surface area contributed by atoms with Crippen LogP contribution >= 0.6 is 46.7 Å². The van der Waals surface area contributed by atoms with E-state index in [2.05, 4.69) is 9.97 Å². The quantitative estimate of drug-likeness (QED) is 0.687. The highest BCUT2D eigenvalue weighted by Gasteiger charge is 2.17. The van der Waals surface area contributed by atoms with E-state index < -0.39 is 0 Å². The highest BCUT2D eigenvalue weighted by atomic mass is 35.5. The Hall–Kier alpha value is -0.820. The SMILES string of the molecule is Clc1cc(Cl)c2c(n1)CCS2.O=c1cc(O)c2c([nH]1)CCS2. The molecule has 2 aromatic rings. The minimum absolute atomic E-state index is 0.117. The summed E-state index contributed by atoms with van der Waals surface area (Å²) in [6.45, 7) is 0. The second kappa shape index (κ2) is 6.74. The summed E-state index contributed by atoms with van der Waals surface area (Å²) in [4.78, 5) is 19.6. The van der Waals surface area contributed by atoms with Gasteiger partial charge in [-0.1, -0.05) is 23.2 Å². The van der Waals surface area contributed by atoms with Crippen LogP contribution in [0.1, 0.15) is 11.4 Å². The van der Waals surface area contributed by atoms with Crippen molar-refractivity contribution in [2.45, 2.75) is 22.6 Å². The maximum Gasteiger partial charge on any atom is 0.251 e. The lowest BCUT2D eigenvalue weighted by molar-refractivity contribution is 0.459. The second-order valence-electron chi connectivity index (χ2n) is 4.73. The van der Waals surface area contributed by atoms with E-state index >= 15 is 0 Å². The normalized spacial score (nSPS) is 15.0. The first-order valence-corrected chi connectivity index (χ1v) is 9.33. The van der Waals surface area contributed by atoms with Crippen LogP contribution in [-0.2, 0) is 12.8 Å². The molecule has 0 fully saturated rings. The van der Waals surface area contributed by atoms with Gasteiger partial charge in [0.2, 0.25) is 0 Å². The van der Waals surface area contributed by atoms with Crippen molar-refractivity contribution < 1.29 is 5.11 Å². The Balaban J connectivity index is 0.000000131. The molecule has 0 atom stereocenters. The molecular weight excluding hydrogens is 363 g/mol. The van der Waals surface area contributed by atoms with E-state index in [9.17, 15) is 9.90 Å². The molecule has 4 heterocycles. The molecule has 4 nitrogen and oxygen atoms in total. The average Bonchev–Trinajstić information content (AvgIpc) is 3.07. The average molecular weight is 375 g/mol. The summed E-state index contributed by atoms with van der Waals surface area (Å²) < 4.78 is 0. The molecule has 2 aliphatic heterocycles. The topological polar surface area (TPSA) is 66.0 Å². The second-order valence-corrected chi connectivity index (χ2v) is 7.73. The van der Waals surface area contributed by atoms with Gasteiger partial charge in [-0.2, -0.15) is 0 Å². The lowest BCUT2D eigenvalue weighted by Gasteiger charge is -1.99. The predicted octanol–water partition coefficient (Wildman–Crippen LogP) is 3.77. The number of aryl methyl sites for hydroxylation is 2. The molecule has 0 spiro atoms. The molecule has 0 amide bonds. The van der Waals surface area contributed by atoms with Gasteiger partial charge in [-0.15, -0.1) is 23.5 Å². The number of fused-ring (bicyclic) bond motifs is 2. The van der Waals surface area contributed by atoms with E-state index in [1.807, 2.05) is 0 Å². The van der Waals surface area contributed by atoms with E-state index in [1.165, 1.54) is 6.07 Å². The largest absolute Gasteiger partial charge is 0.507 e. The van der Waals surface area contributed by atoms with E-state index in [0.717, 1.165) is 50.5 Å². The van der Waals surface area contributed by atoms with Crippen molar-refractivity contribution in [1.29, 1.82) is 0 Å². The van der Waals surface area contributed by atoms with Gasteiger partial charge in [0, 0.05) is 34.6 Å². The molecule has 8 heteroatoms. The Kier molecular flexibility index (Phi) is 4.92. The van der Waals surface area contributed by atoms with Crippen LogP contribution in [0.4, 0.5) is 0 Å². The van der Waals surface area contributed by atoms with Crippen molar-refractivity contribution in [1.82, 2.24) is 9.97 Å². The van der Waals surface area contributed by atoms with Crippen molar-refractivity contribution in [3.8, 4) is 5.75 Å². The molecular formula is C14H12Cl2N2O2S2. The van der Waals surface area contributed by atoms with Crippen molar-refractivity contribution >= 4 is 46.7 Å². The number of aromatic amines is 1. The lowest BCUT2D eigenvalue weighted by Crippen LogP contribution is -2.06. The van der Waals surface area contributed by atoms with Crippen LogP contribution in [0.5, 0.6) is 5.75 Å². The van der Waals surface area contributed by atoms with Gasteiger partial charge in [0.05, 0.1) is 15.6 Å². The number of aromatic nitrogens is 2. The molecule has 4 rings (SSSR count). The zero-order chi connectivity index (χ0) is 15.7. The zero-order valence-electron chi connectivity index (χ0n) is 11.4. The number of H-pyrrole nitrogens is 1. The zero-order valence-corrected chi connectivity index (χ0v) is 14.5. The lowest BCUT2D eigenvalue weighted by atomic mass is 10.3. The molecule has 0 bridgehead atoms. The third-order valence-corrected chi connectivity index (χ3v) is 6.11. The summed E-state index contributed by atoms with van der Waals surface area (Å²) in [6, 6.07) is 2.91. The first-order chi connectivity index (χ1) is 10.5. The Labute approximate surface area is 145 Å². The van der Waals surface area contributed by atoms with Crippen LogP contribution in [0.25, 0.3) is 0 Å². The Bertz CT molecular complexity index is 780. The summed E-state index contributed by atoms with van der Waals surface area (Å²) in [5.74, 6) is 2.14. The first kappa shape index (κ1) is 16.1. The molecule has 0 unspecified atom stereocenters. The number of aromatic hydroxyl groups is 1. The molecule has 0 saturated carbocycles. The van der Waals surface area contributed by atoms with Crippen molar-refractivity contribution in [3.63, 3.8) is 0 Å². The van der Waals surface area contributed by atoms with Crippen LogP contribution in [0.2, 0.25) is 10.2 Å². The number of rotatable bonds is 0. The van der Waals surface area contributed by atoms with Gasteiger partial charge >= 0.3 is 0 Å². The van der Waals surface area contributed by atoms with Crippen LogP contribution < -0.4 is 5.56 Å². The summed E-state index contributed by atoms with van der Waals surface area (Å²) >= 11 is 15.0. The number of pyridine rings is 2. The van der Waals surface area contributed by atoms with E-state index in [4.69, 9.17) is 23.2 Å². The van der Waals surface area contributed by atoms with Gasteiger partial charge in [0.1, 0.15) is 10.9 Å².